The lowest BCUT2D eigenvalue weighted by Crippen LogP contribution is -2.64. The maximum Gasteiger partial charge on any atom is 0.319 e. The van der Waals surface area contributed by atoms with Crippen LogP contribution in [0.2, 0.25) is 5.02 Å². The fourth-order valence-corrected chi connectivity index (χ4v) is 4.46. The number of urea groups is 1. The molecule has 2 amide bonds. The van der Waals surface area contributed by atoms with Crippen molar-refractivity contribution in [1.29, 1.82) is 0 Å². The van der Waals surface area contributed by atoms with Crippen LogP contribution in [0.3, 0.4) is 0 Å². The second-order valence-corrected chi connectivity index (χ2v) is 7.58. The summed E-state index contributed by atoms with van der Waals surface area (Å²) in [5.41, 5.74) is 1.92. The number of halogens is 1. The van der Waals surface area contributed by atoms with E-state index in [9.17, 15) is 4.79 Å². The van der Waals surface area contributed by atoms with Crippen LogP contribution in [-0.4, -0.2) is 41.1 Å². The van der Waals surface area contributed by atoms with Crippen molar-refractivity contribution in [3.63, 3.8) is 0 Å². The van der Waals surface area contributed by atoms with E-state index in [1.165, 1.54) is 5.56 Å². The molecule has 3 aliphatic heterocycles. The van der Waals surface area contributed by atoms with Crippen LogP contribution in [0.25, 0.3) is 0 Å². The number of carbonyl (C=O) groups excluding carboxylic acids is 1. The van der Waals surface area contributed by atoms with Crippen LogP contribution in [0, 0.1) is 5.92 Å². The van der Waals surface area contributed by atoms with E-state index < -0.39 is 0 Å². The van der Waals surface area contributed by atoms with Gasteiger partial charge in [0.15, 0.2) is 0 Å². The summed E-state index contributed by atoms with van der Waals surface area (Å²) in [5, 5.41) is 6.75. The normalized spacial score (nSPS) is 27.1. The van der Waals surface area contributed by atoms with Crippen LogP contribution in [0.4, 0.5) is 10.5 Å². The molecule has 3 saturated heterocycles. The fraction of sp³-hybridized carbons (Fsp3) is 0.400. The summed E-state index contributed by atoms with van der Waals surface area (Å²) in [6, 6.07) is 11.6. The van der Waals surface area contributed by atoms with E-state index in [1.807, 2.05) is 24.4 Å². The highest BCUT2D eigenvalue weighted by Crippen LogP contribution is 2.34. The van der Waals surface area contributed by atoms with Gasteiger partial charge in [0, 0.05) is 35.2 Å². The lowest BCUT2D eigenvalue weighted by Gasteiger charge is -2.51. The van der Waals surface area contributed by atoms with Gasteiger partial charge in [-0.25, -0.2) is 4.79 Å². The lowest BCUT2D eigenvalue weighted by atomic mass is 9.77. The minimum Gasteiger partial charge on any atom is -0.333 e. The van der Waals surface area contributed by atoms with E-state index in [0.717, 1.165) is 32.4 Å². The number of aromatic nitrogens is 1. The van der Waals surface area contributed by atoms with Gasteiger partial charge in [0.25, 0.3) is 0 Å². The molecule has 3 aliphatic rings. The molecule has 2 atom stereocenters. The topological polar surface area (TPSA) is 57.3 Å². The Morgan fingerprint density at radius 3 is 2.81 bits per heavy atom. The Bertz CT molecular complexity index is 761. The Labute approximate surface area is 158 Å². The summed E-state index contributed by atoms with van der Waals surface area (Å²) in [7, 11) is 0. The van der Waals surface area contributed by atoms with E-state index in [0.29, 0.717) is 22.7 Å². The number of hydrogen-bond acceptors (Lipinski definition) is 3. The van der Waals surface area contributed by atoms with Crippen molar-refractivity contribution in [3.8, 4) is 0 Å². The number of pyridine rings is 1. The molecule has 0 spiro atoms. The largest absolute Gasteiger partial charge is 0.333 e. The first-order valence-corrected chi connectivity index (χ1v) is 9.53. The smallest absolute Gasteiger partial charge is 0.319 e. The molecule has 3 fully saturated rings. The molecular formula is C20H23ClN4O. The van der Waals surface area contributed by atoms with Gasteiger partial charge >= 0.3 is 6.03 Å². The number of rotatable bonds is 4. The molecule has 0 radical (unpaired) electrons. The van der Waals surface area contributed by atoms with Gasteiger partial charge in [-0.1, -0.05) is 23.7 Å². The van der Waals surface area contributed by atoms with E-state index in [-0.39, 0.29) is 12.1 Å². The number of fused-ring (bicyclic) bond motifs is 3. The Morgan fingerprint density at radius 1 is 1.23 bits per heavy atom. The SMILES string of the molecule is O=C(Nc1cccc(Cl)c1)N[C@H]1C2CCN(CC2)[C@@H]1Cc1cccnc1. The van der Waals surface area contributed by atoms with Crippen molar-refractivity contribution in [2.75, 3.05) is 18.4 Å². The maximum atomic E-state index is 12.6. The molecule has 0 aliphatic carbocycles. The van der Waals surface area contributed by atoms with Gasteiger partial charge in [0.05, 0.1) is 0 Å². The number of piperidine rings is 3. The number of hydrogen-bond donors (Lipinski definition) is 2. The molecule has 1 aromatic heterocycles. The summed E-state index contributed by atoms with van der Waals surface area (Å²) in [6.45, 7) is 2.23. The Morgan fingerprint density at radius 2 is 2.08 bits per heavy atom. The first kappa shape index (κ1) is 17.3. The van der Waals surface area contributed by atoms with Crippen LogP contribution in [0.15, 0.2) is 48.8 Å². The summed E-state index contributed by atoms with van der Waals surface area (Å²) < 4.78 is 0. The predicted octanol–water partition coefficient (Wildman–Crippen LogP) is 3.56. The van der Waals surface area contributed by atoms with Crippen molar-refractivity contribution in [2.45, 2.75) is 31.3 Å². The molecule has 26 heavy (non-hydrogen) atoms. The van der Waals surface area contributed by atoms with Gasteiger partial charge in [-0.05, 0) is 68.1 Å². The zero-order valence-electron chi connectivity index (χ0n) is 14.6. The van der Waals surface area contributed by atoms with E-state index in [1.54, 1.807) is 18.3 Å². The maximum absolute atomic E-state index is 12.6. The van der Waals surface area contributed by atoms with Crippen LogP contribution in [0.5, 0.6) is 0 Å². The molecular weight excluding hydrogens is 348 g/mol. The number of nitrogens with zero attached hydrogens (tertiary/aromatic N) is 2. The number of amides is 2. The summed E-state index contributed by atoms with van der Waals surface area (Å²) in [4.78, 5) is 19.3. The van der Waals surface area contributed by atoms with Crippen LogP contribution in [0.1, 0.15) is 18.4 Å². The van der Waals surface area contributed by atoms with Crippen LogP contribution >= 0.6 is 11.6 Å². The number of benzene rings is 1. The third-order valence-corrected chi connectivity index (χ3v) is 5.75. The highest BCUT2D eigenvalue weighted by Gasteiger charge is 2.42. The molecule has 1 aromatic carbocycles. The summed E-state index contributed by atoms with van der Waals surface area (Å²) >= 11 is 6.00. The summed E-state index contributed by atoms with van der Waals surface area (Å²) in [5.74, 6) is 0.534. The number of anilines is 1. The minimum absolute atomic E-state index is 0.150. The Hall–Kier alpha value is -2.11. The van der Waals surface area contributed by atoms with E-state index in [2.05, 4.69) is 26.6 Å². The third kappa shape index (κ3) is 3.84. The molecule has 2 N–H and O–H groups in total. The number of nitrogens with one attached hydrogen (secondary N) is 2. The van der Waals surface area contributed by atoms with Crippen molar-refractivity contribution in [2.24, 2.45) is 5.92 Å². The summed E-state index contributed by atoms with van der Waals surface area (Å²) in [6.07, 6.45) is 6.92. The zero-order valence-corrected chi connectivity index (χ0v) is 15.3. The highest BCUT2D eigenvalue weighted by molar-refractivity contribution is 6.30. The van der Waals surface area contributed by atoms with Gasteiger partial charge in [-0.3, -0.25) is 9.88 Å². The van der Waals surface area contributed by atoms with Crippen LogP contribution < -0.4 is 10.6 Å². The molecule has 5 rings (SSSR count). The lowest BCUT2D eigenvalue weighted by molar-refractivity contribution is 0.0184. The fourth-order valence-electron chi connectivity index (χ4n) is 4.27. The first-order chi connectivity index (χ1) is 12.7. The standard InChI is InChI=1S/C20H23ClN4O/c21-16-4-1-5-17(12-16)23-20(26)24-19-15-6-9-25(10-7-15)18(19)11-14-3-2-8-22-13-14/h1-5,8,12-13,15,18-19H,6-7,9-11H2,(H2,23,24,26)/t18-,19+/m1/s1. The molecule has 2 aromatic rings. The Kier molecular flexibility index (Phi) is 5.09. The predicted molar refractivity (Wildman–Crippen MR) is 103 cm³/mol. The molecule has 4 heterocycles. The van der Waals surface area contributed by atoms with Crippen LogP contribution in [-0.2, 0) is 6.42 Å². The highest BCUT2D eigenvalue weighted by atomic mass is 35.5. The van der Waals surface area contributed by atoms with Gasteiger partial charge in [0.1, 0.15) is 0 Å². The van der Waals surface area contributed by atoms with E-state index in [4.69, 9.17) is 11.6 Å². The van der Waals surface area contributed by atoms with Gasteiger partial charge in [-0.2, -0.15) is 0 Å². The average molecular weight is 371 g/mol. The molecule has 2 bridgehead atoms. The third-order valence-electron chi connectivity index (χ3n) is 5.51. The quantitative estimate of drug-likeness (QED) is 0.865. The number of carbonyl (C=O) groups is 1. The molecule has 136 valence electrons. The monoisotopic (exact) mass is 370 g/mol. The van der Waals surface area contributed by atoms with E-state index >= 15 is 0 Å². The average Bonchev–Trinajstić information content (AvgIpc) is 2.65. The molecule has 0 saturated carbocycles. The van der Waals surface area contributed by atoms with Gasteiger partial charge < -0.3 is 10.6 Å². The van der Waals surface area contributed by atoms with Crippen molar-refractivity contribution < 1.29 is 4.79 Å². The zero-order chi connectivity index (χ0) is 17.9. The second kappa shape index (κ2) is 7.64. The second-order valence-electron chi connectivity index (χ2n) is 7.14. The molecule has 0 unspecified atom stereocenters. The van der Waals surface area contributed by atoms with Crippen molar-refractivity contribution in [1.82, 2.24) is 15.2 Å². The molecule has 5 nitrogen and oxygen atoms in total. The molecule has 6 heteroatoms. The van der Waals surface area contributed by atoms with Gasteiger partial charge in [-0.15, -0.1) is 0 Å². The minimum atomic E-state index is -0.165. The van der Waals surface area contributed by atoms with Crippen molar-refractivity contribution in [3.05, 3.63) is 59.4 Å². The Balaban J connectivity index is 1.46. The van der Waals surface area contributed by atoms with Crippen molar-refractivity contribution >= 4 is 23.3 Å². The first-order valence-electron chi connectivity index (χ1n) is 9.15. The van der Waals surface area contributed by atoms with Gasteiger partial charge in [0.2, 0.25) is 0 Å².